The van der Waals surface area contributed by atoms with Crippen LogP contribution in [0, 0.1) is 0 Å². The summed E-state index contributed by atoms with van der Waals surface area (Å²) in [7, 11) is 0. The number of hydrogen-bond acceptors (Lipinski definition) is 5. The predicted octanol–water partition coefficient (Wildman–Crippen LogP) is 1.86. The lowest BCUT2D eigenvalue weighted by Crippen LogP contribution is -2.26. The molecular weight excluding hydrogens is 258 g/mol. The first kappa shape index (κ1) is 12.7. The number of fused-ring (bicyclic) bond motifs is 1. The molecule has 0 aliphatic carbocycles. The Balaban J connectivity index is 1.70. The van der Waals surface area contributed by atoms with Crippen LogP contribution in [0.5, 0.6) is 5.75 Å². The van der Waals surface area contributed by atoms with Crippen molar-refractivity contribution in [3.63, 3.8) is 0 Å². The molecule has 0 bridgehead atoms. The van der Waals surface area contributed by atoms with E-state index >= 15 is 0 Å². The van der Waals surface area contributed by atoms with Gasteiger partial charge >= 0.3 is 0 Å². The van der Waals surface area contributed by atoms with Gasteiger partial charge in [-0.25, -0.2) is 0 Å². The number of aromatic nitrogens is 1. The van der Waals surface area contributed by atoms with Crippen molar-refractivity contribution in [3.8, 4) is 5.75 Å². The number of carbonyl (C=O) groups is 1. The molecule has 6 heteroatoms. The van der Waals surface area contributed by atoms with Crippen molar-refractivity contribution in [3.05, 3.63) is 41.8 Å². The van der Waals surface area contributed by atoms with Crippen LogP contribution in [-0.2, 0) is 11.3 Å². The molecule has 3 rings (SSSR count). The van der Waals surface area contributed by atoms with E-state index in [0.29, 0.717) is 18.0 Å². The highest BCUT2D eigenvalue weighted by Crippen LogP contribution is 2.30. The Morgan fingerprint density at radius 3 is 3.15 bits per heavy atom. The van der Waals surface area contributed by atoms with Gasteiger partial charge in [-0.05, 0) is 24.6 Å². The largest absolute Gasteiger partial charge is 0.482 e. The molecule has 1 amide bonds. The number of nitrogens with zero attached hydrogens (tertiary/aromatic N) is 1. The smallest absolute Gasteiger partial charge is 0.262 e. The summed E-state index contributed by atoms with van der Waals surface area (Å²) in [6, 6.07) is 7.71. The maximum Gasteiger partial charge on any atom is 0.262 e. The van der Waals surface area contributed by atoms with Crippen LogP contribution in [-0.4, -0.2) is 17.7 Å². The molecule has 1 aromatic carbocycles. The maximum atomic E-state index is 11.3. The van der Waals surface area contributed by atoms with E-state index in [1.807, 2.05) is 31.2 Å². The van der Waals surface area contributed by atoms with Crippen LogP contribution in [0.1, 0.15) is 24.3 Å². The molecule has 2 heterocycles. The van der Waals surface area contributed by atoms with Crippen LogP contribution in [0.25, 0.3) is 0 Å². The number of anilines is 1. The van der Waals surface area contributed by atoms with Crippen molar-refractivity contribution in [1.82, 2.24) is 10.5 Å². The van der Waals surface area contributed by atoms with Crippen molar-refractivity contribution in [2.24, 2.45) is 0 Å². The molecule has 1 aliphatic rings. The quantitative estimate of drug-likeness (QED) is 0.889. The van der Waals surface area contributed by atoms with Crippen molar-refractivity contribution >= 4 is 11.6 Å². The van der Waals surface area contributed by atoms with Gasteiger partial charge in [-0.3, -0.25) is 4.79 Å². The second-order valence-electron chi connectivity index (χ2n) is 4.67. The molecular formula is C14H15N3O3. The number of rotatable bonds is 4. The molecule has 1 unspecified atom stereocenters. The second-order valence-corrected chi connectivity index (χ2v) is 4.67. The lowest BCUT2D eigenvalue weighted by atomic mass is 10.1. The molecule has 104 valence electrons. The number of carbonyl (C=O) groups excluding carboxylic acids is 1. The molecule has 0 radical (unpaired) electrons. The average molecular weight is 273 g/mol. The molecule has 2 aromatic rings. The Hall–Kier alpha value is -2.34. The van der Waals surface area contributed by atoms with Crippen molar-refractivity contribution in [1.29, 1.82) is 0 Å². The van der Waals surface area contributed by atoms with Crippen molar-refractivity contribution in [2.45, 2.75) is 19.5 Å². The van der Waals surface area contributed by atoms with Crippen molar-refractivity contribution in [2.75, 3.05) is 11.9 Å². The molecule has 0 saturated heterocycles. The topological polar surface area (TPSA) is 76.4 Å². The zero-order valence-electron chi connectivity index (χ0n) is 11.1. The summed E-state index contributed by atoms with van der Waals surface area (Å²) in [6.45, 7) is 2.72. The number of benzene rings is 1. The molecule has 2 N–H and O–H groups in total. The molecule has 0 spiro atoms. The average Bonchev–Trinajstić information content (AvgIpc) is 2.97. The van der Waals surface area contributed by atoms with E-state index in [9.17, 15) is 4.79 Å². The van der Waals surface area contributed by atoms with Gasteiger partial charge in [0.1, 0.15) is 11.5 Å². The zero-order chi connectivity index (χ0) is 13.9. The molecule has 1 aliphatic heterocycles. The molecule has 0 fully saturated rings. The SMILES string of the molecule is CC(NCc1ccno1)c1ccc2c(c1)NC(=O)CO2. The van der Waals surface area contributed by atoms with Crippen LogP contribution in [0.2, 0.25) is 0 Å². The van der Waals surface area contributed by atoms with Crippen molar-refractivity contribution < 1.29 is 14.1 Å². The highest BCUT2D eigenvalue weighted by atomic mass is 16.5. The fourth-order valence-electron chi connectivity index (χ4n) is 2.07. The minimum Gasteiger partial charge on any atom is -0.482 e. The van der Waals surface area contributed by atoms with Crippen LogP contribution >= 0.6 is 0 Å². The fraction of sp³-hybridized carbons (Fsp3) is 0.286. The van der Waals surface area contributed by atoms with E-state index in [4.69, 9.17) is 9.26 Å². The van der Waals surface area contributed by atoms with Gasteiger partial charge in [0.05, 0.1) is 18.4 Å². The first-order chi connectivity index (χ1) is 9.72. The van der Waals surface area contributed by atoms with Gasteiger partial charge in [-0.15, -0.1) is 0 Å². The maximum absolute atomic E-state index is 11.3. The van der Waals surface area contributed by atoms with Gasteiger partial charge in [0.15, 0.2) is 6.61 Å². The summed E-state index contributed by atoms with van der Waals surface area (Å²) in [5.74, 6) is 1.36. The second kappa shape index (κ2) is 5.34. The highest BCUT2D eigenvalue weighted by molar-refractivity contribution is 5.95. The van der Waals surface area contributed by atoms with E-state index in [2.05, 4.69) is 15.8 Å². The third kappa shape index (κ3) is 2.65. The normalized spacial score (nSPS) is 15.2. The van der Waals surface area contributed by atoms with Gasteiger partial charge in [0.25, 0.3) is 5.91 Å². The fourth-order valence-corrected chi connectivity index (χ4v) is 2.07. The minimum absolute atomic E-state index is 0.0750. The van der Waals surface area contributed by atoms with E-state index in [1.165, 1.54) is 0 Å². The monoisotopic (exact) mass is 273 g/mol. The Kier molecular flexibility index (Phi) is 3.39. The standard InChI is InChI=1S/C14H15N3O3/c1-9(15-7-11-4-5-16-20-11)10-2-3-13-12(6-10)17-14(18)8-19-13/h2-6,9,15H,7-8H2,1H3,(H,17,18). The molecule has 0 saturated carbocycles. The minimum atomic E-state index is -0.128. The van der Waals surface area contributed by atoms with E-state index in [-0.39, 0.29) is 18.6 Å². The van der Waals surface area contributed by atoms with Gasteiger partial charge in [-0.1, -0.05) is 11.2 Å². The Bertz CT molecular complexity index is 610. The lowest BCUT2D eigenvalue weighted by Gasteiger charge is -2.20. The number of hydrogen-bond donors (Lipinski definition) is 2. The van der Waals surface area contributed by atoms with E-state index in [1.54, 1.807) is 6.20 Å². The zero-order valence-corrected chi connectivity index (χ0v) is 11.1. The Labute approximate surface area is 116 Å². The number of amides is 1. The molecule has 6 nitrogen and oxygen atoms in total. The summed E-state index contributed by atoms with van der Waals surface area (Å²) < 4.78 is 10.4. The number of nitrogens with one attached hydrogen (secondary N) is 2. The molecule has 1 aromatic heterocycles. The van der Waals surface area contributed by atoms with Gasteiger partial charge < -0.3 is 19.9 Å². The van der Waals surface area contributed by atoms with E-state index < -0.39 is 0 Å². The van der Waals surface area contributed by atoms with Crippen LogP contribution in [0.15, 0.2) is 35.0 Å². The lowest BCUT2D eigenvalue weighted by molar-refractivity contribution is -0.118. The summed E-state index contributed by atoms with van der Waals surface area (Å²) in [5, 5.41) is 9.80. The Morgan fingerprint density at radius 1 is 1.45 bits per heavy atom. The summed E-state index contributed by atoms with van der Waals surface area (Å²) in [4.78, 5) is 11.3. The first-order valence-corrected chi connectivity index (χ1v) is 6.42. The van der Waals surface area contributed by atoms with E-state index in [0.717, 1.165) is 11.3 Å². The summed E-state index contributed by atoms with van der Waals surface area (Å²) in [6.07, 6.45) is 1.62. The molecule has 20 heavy (non-hydrogen) atoms. The van der Waals surface area contributed by atoms with Crippen LogP contribution in [0.3, 0.4) is 0 Å². The van der Waals surface area contributed by atoms with Crippen LogP contribution < -0.4 is 15.4 Å². The molecule has 1 atom stereocenters. The summed E-state index contributed by atoms with van der Waals surface area (Å²) >= 11 is 0. The van der Waals surface area contributed by atoms with Crippen LogP contribution in [0.4, 0.5) is 5.69 Å². The summed E-state index contributed by atoms with van der Waals surface area (Å²) in [5.41, 5.74) is 1.78. The predicted molar refractivity (Wildman–Crippen MR) is 72.3 cm³/mol. The highest BCUT2D eigenvalue weighted by Gasteiger charge is 2.17. The number of ether oxygens (including phenoxy) is 1. The van der Waals surface area contributed by atoms with Gasteiger partial charge in [-0.2, -0.15) is 0 Å². The third-order valence-electron chi connectivity index (χ3n) is 3.21. The van der Waals surface area contributed by atoms with Gasteiger partial charge in [0, 0.05) is 12.1 Å². The Morgan fingerprint density at radius 2 is 2.35 bits per heavy atom. The van der Waals surface area contributed by atoms with Gasteiger partial charge in [0.2, 0.25) is 0 Å². The third-order valence-corrected chi connectivity index (χ3v) is 3.21. The first-order valence-electron chi connectivity index (χ1n) is 6.42.